The third kappa shape index (κ3) is 6.12. The molecule has 1 saturated heterocycles. The molecule has 1 aromatic rings. The van der Waals surface area contributed by atoms with E-state index in [1.54, 1.807) is 6.07 Å². The molecule has 1 atom stereocenters. The third-order valence-electron chi connectivity index (χ3n) is 5.82. The number of benzene rings is 1. The van der Waals surface area contributed by atoms with E-state index >= 15 is 0 Å². The number of sulfonamides is 1. The fourth-order valence-corrected chi connectivity index (χ4v) is 5.09. The molecule has 9 nitrogen and oxygen atoms in total. The molecule has 1 unspecified atom stereocenters. The molecule has 1 amide bonds. The molecule has 2 N–H and O–H groups in total. The van der Waals surface area contributed by atoms with Crippen LogP contribution in [0.2, 0.25) is 0 Å². The smallest absolute Gasteiger partial charge is 0.241 e. The van der Waals surface area contributed by atoms with Gasteiger partial charge in [-0.25, -0.2) is 8.42 Å². The monoisotopic (exact) mass is 469 g/mol. The van der Waals surface area contributed by atoms with Crippen LogP contribution < -0.4 is 19.5 Å². The van der Waals surface area contributed by atoms with E-state index in [1.165, 1.54) is 12.1 Å². The van der Waals surface area contributed by atoms with Gasteiger partial charge in [0.25, 0.3) is 0 Å². The average molecular weight is 470 g/mol. The molecule has 0 saturated carbocycles. The van der Waals surface area contributed by atoms with E-state index in [4.69, 9.17) is 14.2 Å². The van der Waals surface area contributed by atoms with E-state index in [1.807, 2.05) is 13.8 Å². The number of fused-ring (bicyclic) bond motifs is 1. The van der Waals surface area contributed by atoms with Crippen molar-refractivity contribution in [3.63, 3.8) is 0 Å². The van der Waals surface area contributed by atoms with E-state index in [0.717, 1.165) is 19.5 Å². The fraction of sp³-hybridized carbons (Fsp3) is 0.682. The van der Waals surface area contributed by atoms with Gasteiger partial charge in [-0.1, -0.05) is 13.8 Å². The predicted molar refractivity (Wildman–Crippen MR) is 120 cm³/mol. The number of amides is 1. The first-order valence-corrected chi connectivity index (χ1v) is 12.6. The lowest BCUT2D eigenvalue weighted by Crippen LogP contribution is -2.58. The number of hydrogen-bond donors (Lipinski definition) is 2. The van der Waals surface area contributed by atoms with Crippen molar-refractivity contribution in [2.75, 3.05) is 46.1 Å². The van der Waals surface area contributed by atoms with E-state index < -0.39 is 16.1 Å². The van der Waals surface area contributed by atoms with Crippen molar-refractivity contribution < 1.29 is 27.4 Å². The number of ether oxygens (including phenoxy) is 3. The van der Waals surface area contributed by atoms with Crippen LogP contribution in [0.4, 0.5) is 0 Å². The van der Waals surface area contributed by atoms with Crippen LogP contribution in [0.3, 0.4) is 0 Å². The van der Waals surface area contributed by atoms with Gasteiger partial charge in [0.05, 0.1) is 31.3 Å². The zero-order chi connectivity index (χ0) is 23.4. The summed E-state index contributed by atoms with van der Waals surface area (Å²) in [6, 6.07) is 3.59. The van der Waals surface area contributed by atoms with E-state index in [0.29, 0.717) is 44.5 Å². The maximum Gasteiger partial charge on any atom is 0.241 e. The van der Waals surface area contributed by atoms with E-state index in [2.05, 4.69) is 28.8 Å². The minimum absolute atomic E-state index is 0.0360. The number of hydrogen-bond acceptors (Lipinski definition) is 7. The zero-order valence-electron chi connectivity index (χ0n) is 19.3. The Bertz CT molecular complexity index is 897. The second-order valence-electron chi connectivity index (χ2n) is 9.13. The molecule has 0 bridgehead atoms. The fourth-order valence-electron chi connectivity index (χ4n) is 3.73. The molecule has 180 valence electrons. The highest BCUT2D eigenvalue weighted by atomic mass is 32.2. The number of carbonyl (C=O) groups excluding carboxylic acids is 1. The molecule has 2 aliphatic rings. The quantitative estimate of drug-likeness (QED) is 0.592. The maximum absolute atomic E-state index is 13.1. The SMILES string of the molecule is CC(C)C(NS(=O)(=O)c1ccc2c(c1)OCCCO2)C(=O)NCC(C)(C)N1CCOCC1. The summed E-state index contributed by atoms with van der Waals surface area (Å²) in [5.74, 6) is 0.323. The summed E-state index contributed by atoms with van der Waals surface area (Å²) in [6.45, 7) is 12.1. The number of rotatable bonds is 8. The standard InChI is InChI=1S/C22H35N3O6S/c1-16(2)20(21(26)23-15-22(3,4)25-8-12-29-13-9-25)24-32(27,28)17-6-7-18-19(14-17)31-11-5-10-30-18/h6-7,14,16,20,24H,5,8-13,15H2,1-4H3,(H,23,26). The summed E-state index contributed by atoms with van der Waals surface area (Å²) in [4.78, 5) is 15.3. The summed E-state index contributed by atoms with van der Waals surface area (Å²) in [7, 11) is -3.94. The Hall–Kier alpha value is -1.88. The van der Waals surface area contributed by atoms with Crippen molar-refractivity contribution in [2.45, 2.75) is 50.6 Å². The minimum Gasteiger partial charge on any atom is -0.490 e. The molecule has 32 heavy (non-hydrogen) atoms. The van der Waals surface area contributed by atoms with Crippen molar-refractivity contribution in [3.8, 4) is 11.5 Å². The average Bonchev–Trinajstić information content (AvgIpc) is 3.01. The van der Waals surface area contributed by atoms with Crippen molar-refractivity contribution >= 4 is 15.9 Å². The molecular weight excluding hydrogens is 434 g/mol. The Morgan fingerprint density at radius 2 is 1.75 bits per heavy atom. The molecule has 0 aliphatic carbocycles. The van der Waals surface area contributed by atoms with Crippen LogP contribution in [0, 0.1) is 5.92 Å². The van der Waals surface area contributed by atoms with Crippen LogP contribution in [-0.2, 0) is 19.6 Å². The lowest BCUT2D eigenvalue weighted by molar-refractivity contribution is -0.124. The van der Waals surface area contributed by atoms with Gasteiger partial charge in [0, 0.05) is 37.7 Å². The highest BCUT2D eigenvalue weighted by Crippen LogP contribution is 2.32. The molecule has 10 heteroatoms. The Kier molecular flexibility index (Phi) is 8.02. The number of nitrogens with one attached hydrogen (secondary N) is 2. The molecule has 0 spiro atoms. The van der Waals surface area contributed by atoms with Gasteiger partial charge in [0.2, 0.25) is 15.9 Å². The van der Waals surface area contributed by atoms with Crippen LogP contribution in [0.1, 0.15) is 34.1 Å². The lowest BCUT2D eigenvalue weighted by Gasteiger charge is -2.41. The Morgan fingerprint density at radius 1 is 1.09 bits per heavy atom. The van der Waals surface area contributed by atoms with Gasteiger partial charge in [-0.2, -0.15) is 4.72 Å². The zero-order valence-corrected chi connectivity index (χ0v) is 20.2. The second kappa shape index (κ2) is 10.4. The maximum atomic E-state index is 13.1. The highest BCUT2D eigenvalue weighted by molar-refractivity contribution is 7.89. The predicted octanol–water partition coefficient (Wildman–Crippen LogP) is 1.38. The van der Waals surface area contributed by atoms with Crippen LogP contribution in [0.15, 0.2) is 23.1 Å². The summed E-state index contributed by atoms with van der Waals surface area (Å²) in [6.07, 6.45) is 0.728. The summed E-state index contributed by atoms with van der Waals surface area (Å²) >= 11 is 0. The molecule has 2 aliphatic heterocycles. The first-order valence-electron chi connectivity index (χ1n) is 11.1. The first-order chi connectivity index (χ1) is 15.1. The topological polar surface area (TPSA) is 106 Å². The highest BCUT2D eigenvalue weighted by Gasteiger charge is 2.32. The molecular formula is C22H35N3O6S. The molecule has 1 fully saturated rings. The Morgan fingerprint density at radius 3 is 2.41 bits per heavy atom. The molecule has 0 aromatic heterocycles. The van der Waals surface area contributed by atoms with E-state index in [9.17, 15) is 13.2 Å². The van der Waals surface area contributed by atoms with Crippen molar-refractivity contribution in [1.29, 1.82) is 0 Å². The normalized spacial score (nSPS) is 18.8. The van der Waals surface area contributed by atoms with Gasteiger partial charge in [0.1, 0.15) is 6.04 Å². The Balaban J connectivity index is 1.68. The largest absolute Gasteiger partial charge is 0.490 e. The summed E-state index contributed by atoms with van der Waals surface area (Å²) < 4.78 is 45.3. The molecule has 3 rings (SSSR count). The van der Waals surface area contributed by atoms with Crippen LogP contribution >= 0.6 is 0 Å². The minimum atomic E-state index is -3.94. The van der Waals surface area contributed by atoms with Crippen LogP contribution in [-0.4, -0.2) is 76.9 Å². The number of morpholine rings is 1. The lowest BCUT2D eigenvalue weighted by atomic mass is 10.0. The number of nitrogens with zero attached hydrogens (tertiary/aromatic N) is 1. The van der Waals surface area contributed by atoms with Crippen molar-refractivity contribution in [2.24, 2.45) is 5.92 Å². The van der Waals surface area contributed by atoms with Crippen LogP contribution in [0.25, 0.3) is 0 Å². The molecule has 0 radical (unpaired) electrons. The second-order valence-corrected chi connectivity index (χ2v) is 10.8. The van der Waals surface area contributed by atoms with Gasteiger partial charge in [-0.3, -0.25) is 9.69 Å². The van der Waals surface area contributed by atoms with Crippen molar-refractivity contribution in [3.05, 3.63) is 18.2 Å². The molecule has 2 heterocycles. The third-order valence-corrected chi connectivity index (χ3v) is 7.26. The molecule has 1 aromatic carbocycles. The van der Waals surface area contributed by atoms with Crippen LogP contribution in [0.5, 0.6) is 11.5 Å². The Labute approximate surface area is 190 Å². The summed E-state index contributed by atoms with van der Waals surface area (Å²) in [5.41, 5.74) is -0.270. The van der Waals surface area contributed by atoms with Gasteiger partial charge < -0.3 is 19.5 Å². The first kappa shape index (κ1) is 24.8. The summed E-state index contributed by atoms with van der Waals surface area (Å²) in [5, 5.41) is 2.94. The van der Waals surface area contributed by atoms with E-state index in [-0.39, 0.29) is 22.3 Å². The number of carbonyl (C=O) groups is 1. The van der Waals surface area contributed by atoms with Gasteiger partial charge in [-0.05, 0) is 31.9 Å². The van der Waals surface area contributed by atoms with Gasteiger partial charge in [-0.15, -0.1) is 0 Å². The van der Waals surface area contributed by atoms with Crippen molar-refractivity contribution in [1.82, 2.24) is 14.9 Å². The van der Waals surface area contributed by atoms with Gasteiger partial charge >= 0.3 is 0 Å². The van der Waals surface area contributed by atoms with Gasteiger partial charge in [0.15, 0.2) is 11.5 Å².